The van der Waals surface area contributed by atoms with Crippen LogP contribution in [0.4, 0.5) is 4.39 Å². The Hall–Kier alpha value is -1.26. The molecule has 4 heteroatoms. The van der Waals surface area contributed by atoms with E-state index in [0.29, 0.717) is 5.56 Å². The summed E-state index contributed by atoms with van der Waals surface area (Å²) in [4.78, 5) is 11.5. The van der Waals surface area contributed by atoms with E-state index >= 15 is 0 Å². The van der Waals surface area contributed by atoms with E-state index in [1.54, 1.807) is 18.2 Å². The van der Waals surface area contributed by atoms with Gasteiger partial charge in [0.25, 0.3) is 0 Å². The van der Waals surface area contributed by atoms with Crippen LogP contribution in [0.2, 0.25) is 0 Å². The molecule has 0 aliphatic carbocycles. The van der Waals surface area contributed by atoms with Crippen molar-refractivity contribution in [3.05, 3.63) is 35.6 Å². The maximum atomic E-state index is 13.2. The Balaban J connectivity index is 2.62. The molecule has 0 aliphatic heterocycles. The average molecular weight is 211 g/mol. The van der Waals surface area contributed by atoms with Crippen LogP contribution in [0.3, 0.4) is 0 Å². The van der Waals surface area contributed by atoms with Gasteiger partial charge in [0, 0.05) is 13.5 Å². The van der Waals surface area contributed by atoms with Crippen LogP contribution in [0.1, 0.15) is 5.56 Å². The van der Waals surface area contributed by atoms with Gasteiger partial charge in [0.05, 0.1) is 12.6 Å². The Kier molecular flexibility index (Phi) is 4.39. The predicted molar refractivity (Wildman–Crippen MR) is 55.0 cm³/mol. The molecule has 3 nitrogen and oxygen atoms in total. The molecule has 0 spiro atoms. The summed E-state index contributed by atoms with van der Waals surface area (Å²) in [6, 6.07) is 5.48. The number of carbonyl (C=O) groups excluding carboxylic acids is 1. The van der Waals surface area contributed by atoms with Gasteiger partial charge in [0.1, 0.15) is 5.82 Å². The van der Waals surface area contributed by atoms with Crippen molar-refractivity contribution in [1.29, 1.82) is 0 Å². The van der Waals surface area contributed by atoms with Crippen molar-refractivity contribution in [1.82, 2.24) is 0 Å². The third-order valence-electron chi connectivity index (χ3n) is 2.08. The number of carbonyl (C=O) groups is 1. The van der Waals surface area contributed by atoms with Crippen LogP contribution in [0.25, 0.3) is 0 Å². The molecule has 0 radical (unpaired) electrons. The Labute approximate surface area is 88.0 Å². The summed E-state index contributed by atoms with van der Waals surface area (Å²) in [7, 11) is 1.47. The number of ketones is 1. The van der Waals surface area contributed by atoms with Gasteiger partial charge in [0.15, 0.2) is 5.78 Å². The third-order valence-corrected chi connectivity index (χ3v) is 2.08. The molecule has 0 fully saturated rings. The van der Waals surface area contributed by atoms with Gasteiger partial charge < -0.3 is 10.5 Å². The number of methoxy groups -OCH3 is 1. The molecular weight excluding hydrogens is 197 g/mol. The van der Waals surface area contributed by atoms with Gasteiger partial charge in [-0.25, -0.2) is 4.39 Å². The van der Waals surface area contributed by atoms with Gasteiger partial charge in [-0.05, 0) is 11.6 Å². The highest BCUT2D eigenvalue weighted by Crippen LogP contribution is 2.08. The maximum Gasteiger partial charge on any atom is 0.156 e. The van der Waals surface area contributed by atoms with Gasteiger partial charge in [-0.3, -0.25) is 4.79 Å². The highest BCUT2D eigenvalue weighted by Gasteiger charge is 2.15. The lowest BCUT2D eigenvalue weighted by molar-refractivity contribution is -0.120. The number of halogens is 1. The highest BCUT2D eigenvalue weighted by atomic mass is 19.1. The molecule has 0 saturated carbocycles. The van der Waals surface area contributed by atoms with Crippen LogP contribution in [-0.2, 0) is 16.0 Å². The van der Waals surface area contributed by atoms with E-state index < -0.39 is 6.04 Å². The van der Waals surface area contributed by atoms with Crippen LogP contribution in [0, 0.1) is 5.82 Å². The topological polar surface area (TPSA) is 52.3 Å². The van der Waals surface area contributed by atoms with Crippen molar-refractivity contribution in [2.24, 2.45) is 5.73 Å². The van der Waals surface area contributed by atoms with Gasteiger partial charge in [-0.15, -0.1) is 0 Å². The molecule has 0 heterocycles. The Morgan fingerprint density at radius 3 is 2.80 bits per heavy atom. The third kappa shape index (κ3) is 3.42. The summed E-state index contributed by atoms with van der Waals surface area (Å²) in [5, 5.41) is 0. The minimum atomic E-state index is -0.686. The second-order valence-electron chi connectivity index (χ2n) is 3.30. The normalized spacial score (nSPS) is 12.5. The fourth-order valence-corrected chi connectivity index (χ4v) is 1.23. The van der Waals surface area contributed by atoms with Crippen molar-refractivity contribution in [3.63, 3.8) is 0 Å². The maximum absolute atomic E-state index is 13.2. The Morgan fingerprint density at radius 1 is 1.53 bits per heavy atom. The fourth-order valence-electron chi connectivity index (χ4n) is 1.23. The monoisotopic (exact) mass is 211 g/mol. The summed E-state index contributed by atoms with van der Waals surface area (Å²) >= 11 is 0. The predicted octanol–water partition coefficient (Wildman–Crippen LogP) is 0.911. The Morgan fingerprint density at radius 2 is 2.20 bits per heavy atom. The van der Waals surface area contributed by atoms with Crippen molar-refractivity contribution < 1.29 is 13.9 Å². The molecule has 1 aromatic rings. The molecule has 82 valence electrons. The number of rotatable bonds is 5. The van der Waals surface area contributed by atoms with E-state index in [1.807, 2.05) is 0 Å². The molecule has 15 heavy (non-hydrogen) atoms. The summed E-state index contributed by atoms with van der Waals surface area (Å²) < 4.78 is 17.9. The molecule has 0 saturated heterocycles. The standard InChI is InChI=1S/C11H14FNO2/c1-15-7-10(13)11(14)6-8-4-2-3-5-9(8)12/h2-5,10H,6-7,13H2,1H3. The first-order valence-corrected chi connectivity index (χ1v) is 4.65. The minimum absolute atomic E-state index is 0.0111. The number of hydrogen-bond donors (Lipinski definition) is 1. The molecule has 2 N–H and O–H groups in total. The van der Waals surface area contributed by atoms with Crippen LogP contribution in [-0.4, -0.2) is 25.5 Å². The first kappa shape index (κ1) is 11.8. The molecule has 1 rings (SSSR count). The van der Waals surface area contributed by atoms with E-state index in [9.17, 15) is 9.18 Å². The summed E-state index contributed by atoms with van der Waals surface area (Å²) in [6.45, 7) is 0.160. The lowest BCUT2D eigenvalue weighted by atomic mass is 10.0. The van der Waals surface area contributed by atoms with E-state index in [4.69, 9.17) is 10.5 Å². The quantitative estimate of drug-likeness (QED) is 0.787. The SMILES string of the molecule is COCC(N)C(=O)Cc1ccccc1F. The molecule has 0 amide bonds. The minimum Gasteiger partial charge on any atom is -0.383 e. The summed E-state index contributed by atoms with van der Waals surface area (Å²) in [5.74, 6) is -0.600. The number of nitrogens with two attached hydrogens (primary N) is 1. The zero-order valence-corrected chi connectivity index (χ0v) is 8.57. The zero-order valence-electron chi connectivity index (χ0n) is 8.57. The lowest BCUT2D eigenvalue weighted by Crippen LogP contribution is -2.36. The van der Waals surface area contributed by atoms with Crippen molar-refractivity contribution in [3.8, 4) is 0 Å². The second kappa shape index (κ2) is 5.58. The molecule has 0 bridgehead atoms. The van der Waals surface area contributed by atoms with Gasteiger partial charge in [-0.1, -0.05) is 18.2 Å². The second-order valence-corrected chi connectivity index (χ2v) is 3.30. The molecule has 1 atom stereocenters. The van der Waals surface area contributed by atoms with Crippen LogP contribution >= 0.6 is 0 Å². The smallest absolute Gasteiger partial charge is 0.156 e. The largest absolute Gasteiger partial charge is 0.383 e. The van der Waals surface area contributed by atoms with E-state index in [0.717, 1.165) is 0 Å². The van der Waals surface area contributed by atoms with Crippen LogP contribution in [0.15, 0.2) is 24.3 Å². The Bertz CT molecular complexity index is 341. The number of benzene rings is 1. The van der Waals surface area contributed by atoms with Gasteiger partial charge >= 0.3 is 0 Å². The molecule has 0 aliphatic rings. The number of hydrogen-bond acceptors (Lipinski definition) is 3. The van der Waals surface area contributed by atoms with Crippen molar-refractivity contribution in [2.45, 2.75) is 12.5 Å². The highest BCUT2D eigenvalue weighted by molar-refractivity contribution is 5.86. The van der Waals surface area contributed by atoms with Crippen molar-refractivity contribution >= 4 is 5.78 Å². The number of ether oxygens (including phenoxy) is 1. The fraction of sp³-hybridized carbons (Fsp3) is 0.364. The van der Waals surface area contributed by atoms with Crippen molar-refractivity contribution in [2.75, 3.05) is 13.7 Å². The average Bonchev–Trinajstić information content (AvgIpc) is 2.21. The summed E-state index contributed by atoms with van der Waals surface area (Å²) in [5.41, 5.74) is 5.90. The molecule has 0 aromatic heterocycles. The zero-order chi connectivity index (χ0) is 11.3. The molecule has 1 aromatic carbocycles. The van der Waals surface area contributed by atoms with E-state index in [-0.39, 0.29) is 24.6 Å². The first-order valence-electron chi connectivity index (χ1n) is 4.65. The lowest BCUT2D eigenvalue weighted by Gasteiger charge is -2.09. The van der Waals surface area contributed by atoms with E-state index in [2.05, 4.69) is 0 Å². The molecular formula is C11H14FNO2. The van der Waals surface area contributed by atoms with Gasteiger partial charge in [-0.2, -0.15) is 0 Å². The van der Waals surface area contributed by atoms with Crippen LogP contribution < -0.4 is 5.73 Å². The summed E-state index contributed by atoms with van der Waals surface area (Å²) in [6.07, 6.45) is 0.0111. The van der Waals surface area contributed by atoms with Crippen LogP contribution in [0.5, 0.6) is 0 Å². The van der Waals surface area contributed by atoms with E-state index in [1.165, 1.54) is 13.2 Å². The molecule has 1 unspecified atom stereocenters. The number of Topliss-reactive ketones (excluding diaryl/α,β-unsaturated/α-hetero) is 1. The van der Waals surface area contributed by atoms with Gasteiger partial charge in [0.2, 0.25) is 0 Å². The first-order chi connectivity index (χ1) is 7.15.